The fourth-order valence-electron chi connectivity index (χ4n) is 2.02. The van der Waals surface area contributed by atoms with E-state index < -0.39 is 13.7 Å². The van der Waals surface area contributed by atoms with Crippen molar-refractivity contribution in [1.82, 2.24) is 14.8 Å². The van der Waals surface area contributed by atoms with Crippen LogP contribution in [-0.2, 0) is 12.1 Å². The number of hydrogen-bond donors (Lipinski definition) is 1. The Balaban J connectivity index is 2.46. The van der Waals surface area contributed by atoms with E-state index in [0.29, 0.717) is 15.6 Å². The first-order chi connectivity index (χ1) is 10.2. The number of benzene rings is 1. The Bertz CT molecular complexity index is 668. The van der Waals surface area contributed by atoms with Gasteiger partial charge in [0.05, 0.1) is 14.6 Å². The summed E-state index contributed by atoms with van der Waals surface area (Å²) in [4.78, 5) is 3.92. The van der Waals surface area contributed by atoms with Crippen molar-refractivity contribution in [3.63, 3.8) is 0 Å². The topological polar surface area (TPSA) is 50.9 Å². The van der Waals surface area contributed by atoms with Crippen molar-refractivity contribution in [1.29, 1.82) is 0 Å². The van der Waals surface area contributed by atoms with E-state index in [-0.39, 0.29) is 6.54 Å². The Hall–Kier alpha value is -1.14. The van der Waals surface area contributed by atoms with Gasteiger partial charge >= 0.3 is 0 Å². The molecule has 0 radical (unpaired) electrons. The van der Waals surface area contributed by atoms with Gasteiger partial charge in [-0.2, -0.15) is 5.10 Å². The van der Waals surface area contributed by atoms with E-state index in [4.69, 9.17) is 23.2 Å². The highest BCUT2D eigenvalue weighted by atomic mass is 35.5. The summed E-state index contributed by atoms with van der Waals surface area (Å²) >= 11 is 12.2. The highest BCUT2D eigenvalue weighted by molar-refractivity contribution is 6.80. The molecule has 1 aromatic carbocycles. The van der Waals surface area contributed by atoms with Crippen LogP contribution in [0.2, 0.25) is 29.7 Å². The maximum atomic E-state index is 11.2. The molecule has 0 aliphatic rings. The van der Waals surface area contributed by atoms with Crippen molar-refractivity contribution < 1.29 is 5.11 Å². The normalized spacial score (nSPS) is 15.2. The zero-order valence-electron chi connectivity index (χ0n) is 12.8. The van der Waals surface area contributed by atoms with Crippen LogP contribution in [0.15, 0.2) is 42.6 Å². The third-order valence-corrected chi connectivity index (χ3v) is 4.84. The van der Waals surface area contributed by atoms with Crippen molar-refractivity contribution in [3.8, 4) is 0 Å². The van der Waals surface area contributed by atoms with E-state index in [0.717, 1.165) is 0 Å². The van der Waals surface area contributed by atoms with Crippen LogP contribution in [0.25, 0.3) is 0 Å². The van der Waals surface area contributed by atoms with Gasteiger partial charge in [-0.3, -0.25) is 0 Å². The summed E-state index contributed by atoms with van der Waals surface area (Å²) in [5.41, 5.74) is 1.42. The van der Waals surface area contributed by atoms with Crippen LogP contribution in [0.5, 0.6) is 0 Å². The maximum absolute atomic E-state index is 11.2. The van der Waals surface area contributed by atoms with E-state index in [1.165, 1.54) is 6.33 Å². The van der Waals surface area contributed by atoms with Crippen molar-refractivity contribution in [3.05, 3.63) is 58.2 Å². The number of aromatic nitrogens is 3. The number of rotatable bonds is 5. The van der Waals surface area contributed by atoms with E-state index in [9.17, 15) is 5.11 Å². The van der Waals surface area contributed by atoms with Crippen LogP contribution >= 0.6 is 23.2 Å². The van der Waals surface area contributed by atoms with Gasteiger partial charge in [0.25, 0.3) is 0 Å². The lowest BCUT2D eigenvalue weighted by atomic mass is 9.94. The quantitative estimate of drug-likeness (QED) is 0.827. The number of nitrogens with zero attached hydrogens (tertiary/aromatic N) is 3. The molecule has 7 heteroatoms. The van der Waals surface area contributed by atoms with E-state index in [2.05, 4.69) is 35.4 Å². The first-order valence-corrected chi connectivity index (χ1v) is 11.2. The van der Waals surface area contributed by atoms with Gasteiger partial charge in [-0.15, -0.1) is 0 Å². The second-order valence-electron chi connectivity index (χ2n) is 6.34. The first-order valence-electron chi connectivity index (χ1n) is 6.90. The molecular formula is C15H19Cl2N3OSi. The van der Waals surface area contributed by atoms with Crippen LogP contribution in [0.3, 0.4) is 0 Å². The molecule has 0 aliphatic heterocycles. The Kier molecular flexibility index (Phi) is 5.12. The average molecular weight is 356 g/mol. The molecule has 0 bridgehead atoms. The summed E-state index contributed by atoms with van der Waals surface area (Å²) < 4.78 is 1.58. The van der Waals surface area contributed by atoms with Crippen LogP contribution in [0.4, 0.5) is 0 Å². The zero-order valence-corrected chi connectivity index (χ0v) is 15.3. The standard InChI is InChI=1S/C15H19Cl2N3OSi/c1-22(2,3)7-6-15(21,9-20-11-18-10-19-20)13-5-4-12(16)8-14(13)17/h4-8,10-11,21H,9H2,1-3H3. The Morgan fingerprint density at radius 2 is 2.05 bits per heavy atom. The van der Waals surface area contributed by atoms with Gasteiger partial charge in [0.15, 0.2) is 0 Å². The van der Waals surface area contributed by atoms with Crippen molar-refractivity contribution >= 4 is 31.3 Å². The van der Waals surface area contributed by atoms with Gasteiger partial charge in [0, 0.05) is 15.6 Å². The van der Waals surface area contributed by atoms with Gasteiger partial charge in [-0.25, -0.2) is 9.67 Å². The van der Waals surface area contributed by atoms with E-state index >= 15 is 0 Å². The van der Waals surface area contributed by atoms with Crippen LogP contribution in [0, 0.1) is 0 Å². The molecule has 1 aromatic heterocycles. The minimum Gasteiger partial charge on any atom is -0.379 e. The summed E-state index contributed by atoms with van der Waals surface area (Å²) in [6.07, 6.45) is 4.82. The summed E-state index contributed by atoms with van der Waals surface area (Å²) in [6.45, 7) is 6.82. The third kappa shape index (κ3) is 4.43. The summed E-state index contributed by atoms with van der Waals surface area (Å²) in [5, 5.41) is 16.2. The predicted molar refractivity (Wildman–Crippen MR) is 92.9 cm³/mol. The second-order valence-corrected chi connectivity index (χ2v) is 12.2. The summed E-state index contributed by atoms with van der Waals surface area (Å²) in [6, 6.07) is 5.10. The Morgan fingerprint density at radius 1 is 1.32 bits per heavy atom. The lowest BCUT2D eigenvalue weighted by Crippen LogP contribution is -2.31. The minimum absolute atomic E-state index is 0.231. The SMILES string of the molecule is C[Si](C)(C)C=CC(O)(Cn1cncn1)c1ccc(Cl)cc1Cl. The van der Waals surface area contributed by atoms with E-state index in [1.807, 2.05) is 6.08 Å². The van der Waals surface area contributed by atoms with Gasteiger partial charge in [-0.05, 0) is 12.1 Å². The molecule has 2 rings (SSSR count). The molecule has 118 valence electrons. The Morgan fingerprint density at radius 3 is 2.59 bits per heavy atom. The van der Waals surface area contributed by atoms with Crippen LogP contribution in [0.1, 0.15) is 5.56 Å². The number of halogens is 2. The maximum Gasteiger partial charge on any atom is 0.137 e. The van der Waals surface area contributed by atoms with Crippen LogP contribution < -0.4 is 0 Å². The molecule has 0 saturated carbocycles. The molecule has 0 spiro atoms. The monoisotopic (exact) mass is 355 g/mol. The van der Waals surface area contributed by atoms with E-state index in [1.54, 1.807) is 29.2 Å². The first kappa shape index (κ1) is 17.2. The van der Waals surface area contributed by atoms with Gasteiger partial charge in [0.1, 0.15) is 18.3 Å². The average Bonchev–Trinajstić information content (AvgIpc) is 2.88. The van der Waals surface area contributed by atoms with Crippen molar-refractivity contribution in [2.75, 3.05) is 0 Å². The smallest absolute Gasteiger partial charge is 0.137 e. The molecule has 2 aromatic rings. The van der Waals surface area contributed by atoms with Gasteiger partial charge in [0.2, 0.25) is 0 Å². The minimum atomic E-state index is -1.48. The molecule has 4 nitrogen and oxygen atoms in total. The van der Waals surface area contributed by atoms with Crippen LogP contribution in [-0.4, -0.2) is 27.9 Å². The summed E-state index contributed by atoms with van der Waals surface area (Å²) in [7, 11) is -1.48. The second kappa shape index (κ2) is 6.54. The lowest BCUT2D eigenvalue weighted by Gasteiger charge is -2.27. The molecule has 1 heterocycles. The summed E-state index contributed by atoms with van der Waals surface area (Å²) in [5.74, 6) is 0. The molecule has 1 N–H and O–H groups in total. The fourth-order valence-corrected chi connectivity index (χ4v) is 3.37. The third-order valence-electron chi connectivity index (χ3n) is 3.13. The highest BCUT2D eigenvalue weighted by Crippen LogP contribution is 2.33. The molecule has 0 amide bonds. The molecule has 0 fully saturated rings. The molecular weight excluding hydrogens is 337 g/mol. The highest BCUT2D eigenvalue weighted by Gasteiger charge is 2.30. The zero-order chi connectivity index (χ0) is 16.4. The number of aliphatic hydroxyl groups is 1. The largest absolute Gasteiger partial charge is 0.379 e. The molecule has 1 unspecified atom stereocenters. The predicted octanol–water partition coefficient (Wildman–Crippen LogP) is 3.91. The van der Waals surface area contributed by atoms with Gasteiger partial charge < -0.3 is 5.11 Å². The van der Waals surface area contributed by atoms with Gasteiger partial charge in [-0.1, -0.05) is 60.7 Å². The Labute approximate surface area is 141 Å². The molecule has 22 heavy (non-hydrogen) atoms. The molecule has 0 aliphatic carbocycles. The van der Waals surface area contributed by atoms with Crippen molar-refractivity contribution in [2.24, 2.45) is 0 Å². The van der Waals surface area contributed by atoms with Crippen molar-refractivity contribution in [2.45, 2.75) is 31.8 Å². The lowest BCUT2D eigenvalue weighted by molar-refractivity contribution is 0.0657. The molecule has 1 atom stereocenters. The molecule has 0 saturated heterocycles. The fraction of sp³-hybridized carbons (Fsp3) is 0.333. The number of hydrogen-bond acceptors (Lipinski definition) is 3.